The van der Waals surface area contributed by atoms with Gasteiger partial charge in [-0.05, 0) is 19.4 Å². The first-order valence-corrected chi connectivity index (χ1v) is 4.12. The number of oxime groups is 1. The highest BCUT2D eigenvalue weighted by atomic mass is 16.6. The summed E-state index contributed by atoms with van der Waals surface area (Å²) < 4.78 is 0. The molecule has 68 valence electrons. The molecule has 0 aromatic heterocycles. The molecule has 0 amide bonds. The Hall–Kier alpha value is -1.57. The maximum Gasteiger partial charge on any atom is 0.124 e. The highest BCUT2D eigenvalue weighted by Gasteiger charge is 1.95. The van der Waals surface area contributed by atoms with Crippen molar-refractivity contribution in [2.75, 3.05) is 0 Å². The Kier molecular flexibility index (Phi) is 3.26. The molecule has 0 unspecified atom stereocenters. The average molecular weight is 175 g/mol. The fourth-order valence-corrected chi connectivity index (χ4v) is 0.878. The molecule has 0 radical (unpaired) electrons. The first-order chi connectivity index (χ1) is 6.20. The SMILES string of the molecule is C=C(C)O/N=C(\C)c1ccccc1. The fourth-order valence-electron chi connectivity index (χ4n) is 0.878. The summed E-state index contributed by atoms with van der Waals surface area (Å²) >= 11 is 0. The summed E-state index contributed by atoms with van der Waals surface area (Å²) in [5, 5.41) is 3.91. The van der Waals surface area contributed by atoms with Crippen LogP contribution in [0.25, 0.3) is 0 Å². The van der Waals surface area contributed by atoms with Gasteiger partial charge in [0.1, 0.15) is 5.76 Å². The van der Waals surface area contributed by atoms with E-state index in [4.69, 9.17) is 4.84 Å². The van der Waals surface area contributed by atoms with Crippen molar-refractivity contribution in [3.05, 3.63) is 48.2 Å². The van der Waals surface area contributed by atoms with Crippen LogP contribution in [0.5, 0.6) is 0 Å². The van der Waals surface area contributed by atoms with Crippen LogP contribution in [0.15, 0.2) is 47.8 Å². The minimum Gasteiger partial charge on any atom is -0.362 e. The van der Waals surface area contributed by atoms with Crippen molar-refractivity contribution >= 4 is 5.71 Å². The van der Waals surface area contributed by atoms with Gasteiger partial charge in [-0.15, -0.1) is 0 Å². The molecule has 0 N–H and O–H groups in total. The lowest BCUT2D eigenvalue weighted by atomic mass is 10.1. The number of nitrogens with zero attached hydrogens (tertiary/aromatic N) is 1. The van der Waals surface area contributed by atoms with E-state index in [1.54, 1.807) is 6.92 Å². The molecule has 0 aliphatic rings. The predicted molar refractivity (Wildman–Crippen MR) is 54.6 cm³/mol. The number of benzene rings is 1. The summed E-state index contributed by atoms with van der Waals surface area (Å²) in [5.74, 6) is 0.593. The molecule has 2 heteroatoms. The van der Waals surface area contributed by atoms with Gasteiger partial charge in [-0.1, -0.05) is 42.1 Å². The molecule has 0 saturated heterocycles. The normalized spacial score (nSPS) is 11.1. The van der Waals surface area contributed by atoms with E-state index in [1.807, 2.05) is 37.3 Å². The lowest BCUT2D eigenvalue weighted by Crippen LogP contribution is -1.94. The molecule has 0 fully saturated rings. The van der Waals surface area contributed by atoms with Crippen molar-refractivity contribution in [2.24, 2.45) is 5.16 Å². The van der Waals surface area contributed by atoms with Gasteiger partial charge in [0.15, 0.2) is 0 Å². The van der Waals surface area contributed by atoms with Crippen LogP contribution in [0.2, 0.25) is 0 Å². The van der Waals surface area contributed by atoms with Crippen LogP contribution in [-0.2, 0) is 4.84 Å². The maximum atomic E-state index is 4.95. The van der Waals surface area contributed by atoms with E-state index >= 15 is 0 Å². The predicted octanol–water partition coefficient (Wildman–Crippen LogP) is 2.96. The van der Waals surface area contributed by atoms with Crippen molar-refractivity contribution in [1.29, 1.82) is 0 Å². The van der Waals surface area contributed by atoms with Crippen molar-refractivity contribution in [3.63, 3.8) is 0 Å². The largest absolute Gasteiger partial charge is 0.362 e. The standard InChI is InChI=1S/C11H13NO/c1-9(2)13-12-10(3)11-7-5-4-6-8-11/h4-8H,1H2,2-3H3/b12-10+. The van der Waals surface area contributed by atoms with Crippen LogP contribution in [0.1, 0.15) is 19.4 Å². The van der Waals surface area contributed by atoms with Crippen LogP contribution in [0.3, 0.4) is 0 Å². The van der Waals surface area contributed by atoms with Crippen LogP contribution < -0.4 is 0 Å². The molecule has 0 atom stereocenters. The Balaban J connectivity index is 2.73. The summed E-state index contributed by atoms with van der Waals surface area (Å²) in [6, 6.07) is 9.88. The van der Waals surface area contributed by atoms with E-state index in [-0.39, 0.29) is 0 Å². The lowest BCUT2D eigenvalue weighted by molar-refractivity contribution is 0.231. The Labute approximate surface area is 78.5 Å². The number of hydrogen-bond donors (Lipinski definition) is 0. The van der Waals surface area contributed by atoms with Crippen molar-refractivity contribution in [2.45, 2.75) is 13.8 Å². The lowest BCUT2D eigenvalue weighted by Gasteiger charge is -2.00. The van der Waals surface area contributed by atoms with Gasteiger partial charge in [-0.3, -0.25) is 0 Å². The summed E-state index contributed by atoms with van der Waals surface area (Å²) in [7, 11) is 0. The third kappa shape index (κ3) is 3.11. The fraction of sp³-hybridized carbons (Fsp3) is 0.182. The zero-order valence-corrected chi connectivity index (χ0v) is 7.95. The van der Waals surface area contributed by atoms with Gasteiger partial charge in [-0.25, -0.2) is 0 Å². The van der Waals surface area contributed by atoms with Crippen LogP contribution in [0.4, 0.5) is 0 Å². The molecule has 1 aromatic rings. The molecule has 1 aromatic carbocycles. The second-order valence-corrected chi connectivity index (χ2v) is 2.84. The van der Waals surface area contributed by atoms with Gasteiger partial charge in [0, 0.05) is 0 Å². The molecule has 0 heterocycles. The molecular weight excluding hydrogens is 162 g/mol. The third-order valence-corrected chi connectivity index (χ3v) is 1.53. The molecule has 1 rings (SSSR count). The van der Waals surface area contributed by atoms with E-state index in [0.717, 1.165) is 11.3 Å². The van der Waals surface area contributed by atoms with Gasteiger partial charge in [0.2, 0.25) is 0 Å². The minimum absolute atomic E-state index is 0.593. The van der Waals surface area contributed by atoms with Crippen molar-refractivity contribution < 1.29 is 4.84 Å². The molecule has 0 bridgehead atoms. The summed E-state index contributed by atoms with van der Waals surface area (Å²) in [6.07, 6.45) is 0. The van der Waals surface area contributed by atoms with E-state index in [0.29, 0.717) is 5.76 Å². The monoisotopic (exact) mass is 175 g/mol. The topological polar surface area (TPSA) is 21.6 Å². The average Bonchev–Trinajstić information content (AvgIpc) is 2.15. The van der Waals surface area contributed by atoms with E-state index in [1.165, 1.54) is 0 Å². The van der Waals surface area contributed by atoms with Crippen LogP contribution in [-0.4, -0.2) is 5.71 Å². The molecule has 2 nitrogen and oxygen atoms in total. The summed E-state index contributed by atoms with van der Waals surface area (Å²) in [6.45, 7) is 7.26. The first kappa shape index (κ1) is 9.52. The molecule has 0 aliphatic carbocycles. The van der Waals surface area contributed by atoms with E-state index in [9.17, 15) is 0 Å². The van der Waals surface area contributed by atoms with Crippen LogP contribution >= 0.6 is 0 Å². The van der Waals surface area contributed by atoms with E-state index in [2.05, 4.69) is 11.7 Å². The van der Waals surface area contributed by atoms with Gasteiger partial charge in [0.05, 0.1) is 5.71 Å². The molecule has 13 heavy (non-hydrogen) atoms. The summed E-state index contributed by atoms with van der Waals surface area (Å²) in [4.78, 5) is 4.95. The Morgan fingerprint density at radius 1 is 1.23 bits per heavy atom. The van der Waals surface area contributed by atoms with Crippen LogP contribution in [0, 0.1) is 0 Å². The van der Waals surface area contributed by atoms with Crippen molar-refractivity contribution in [1.82, 2.24) is 0 Å². The Bertz CT molecular complexity index is 314. The Morgan fingerprint density at radius 2 is 1.85 bits per heavy atom. The van der Waals surface area contributed by atoms with Gasteiger partial charge >= 0.3 is 0 Å². The number of allylic oxidation sites excluding steroid dienone is 1. The second-order valence-electron chi connectivity index (χ2n) is 2.84. The number of rotatable bonds is 3. The van der Waals surface area contributed by atoms with E-state index < -0.39 is 0 Å². The quantitative estimate of drug-likeness (QED) is 0.393. The highest BCUT2D eigenvalue weighted by Crippen LogP contribution is 2.02. The molecule has 0 spiro atoms. The maximum absolute atomic E-state index is 4.95. The van der Waals surface area contributed by atoms with Gasteiger partial charge in [0.25, 0.3) is 0 Å². The van der Waals surface area contributed by atoms with Gasteiger partial charge in [-0.2, -0.15) is 0 Å². The smallest absolute Gasteiger partial charge is 0.124 e. The molecule has 0 aliphatic heterocycles. The zero-order valence-electron chi connectivity index (χ0n) is 7.95. The molecule has 0 saturated carbocycles. The Morgan fingerprint density at radius 3 is 2.38 bits per heavy atom. The second kappa shape index (κ2) is 4.45. The van der Waals surface area contributed by atoms with Gasteiger partial charge < -0.3 is 4.84 Å². The zero-order chi connectivity index (χ0) is 9.68. The number of hydrogen-bond acceptors (Lipinski definition) is 2. The highest BCUT2D eigenvalue weighted by molar-refractivity contribution is 5.98. The first-order valence-electron chi connectivity index (χ1n) is 4.12. The summed E-state index contributed by atoms with van der Waals surface area (Å²) in [5.41, 5.74) is 1.91. The third-order valence-electron chi connectivity index (χ3n) is 1.53. The van der Waals surface area contributed by atoms with Crippen molar-refractivity contribution in [3.8, 4) is 0 Å². The minimum atomic E-state index is 0.593. The molecular formula is C11H13NO.